The van der Waals surface area contributed by atoms with Gasteiger partial charge in [-0.1, -0.05) is 19.6 Å². The normalized spacial score (nSPS) is 7.77. The van der Waals surface area contributed by atoms with E-state index in [0.717, 1.165) is 11.3 Å². The van der Waals surface area contributed by atoms with Gasteiger partial charge in [-0.15, -0.1) is 12.1 Å². The van der Waals surface area contributed by atoms with Crippen LogP contribution in [-0.2, 0) is 0 Å². The second kappa shape index (κ2) is 8.60. The molecule has 1 aromatic carbocycles. The van der Waals surface area contributed by atoms with Gasteiger partial charge in [0.05, 0.1) is 0 Å². The Morgan fingerprint density at radius 2 is 2.31 bits per heavy atom. The van der Waals surface area contributed by atoms with Gasteiger partial charge in [-0.2, -0.15) is 17.7 Å². The Morgan fingerprint density at radius 1 is 1.62 bits per heavy atom. The Hall–Kier alpha value is 0.00623. The first-order valence-corrected chi connectivity index (χ1v) is 3.55. The summed E-state index contributed by atoms with van der Waals surface area (Å²) in [6.45, 7) is 6.11. The predicted octanol–water partition coefficient (Wildman–Crippen LogP) is -1.02. The van der Waals surface area contributed by atoms with Gasteiger partial charge in [-0.3, -0.25) is 0 Å². The second-order valence-electron chi connectivity index (χ2n) is 2.31. The molecule has 0 heterocycles. The smallest absolute Gasteiger partial charge is 1.00 e. The van der Waals surface area contributed by atoms with Crippen LogP contribution in [0.3, 0.4) is 0 Å². The molecule has 13 heavy (non-hydrogen) atoms. The van der Waals surface area contributed by atoms with Gasteiger partial charge in [-0.25, -0.2) is 0 Å². The Bertz CT molecular complexity index is 250. The first kappa shape index (κ1) is 15.5. The van der Waals surface area contributed by atoms with Gasteiger partial charge in [0.2, 0.25) is 0 Å². The summed E-state index contributed by atoms with van der Waals surface area (Å²) in [5.41, 5.74) is 1.09. The van der Waals surface area contributed by atoms with Gasteiger partial charge in [0.15, 0.2) is 0 Å². The van der Waals surface area contributed by atoms with E-state index >= 15 is 0 Å². The molecule has 0 bridgehead atoms. The monoisotopic (exact) mass is 250 g/mol. The molecule has 3 heteroatoms. The Labute approximate surface area is 106 Å². The number of rotatable bonds is 3. The summed E-state index contributed by atoms with van der Waals surface area (Å²) >= 11 is 0. The molecule has 0 saturated heterocycles. The second-order valence-corrected chi connectivity index (χ2v) is 2.31. The van der Waals surface area contributed by atoms with E-state index in [2.05, 4.69) is 12.6 Å². The molecule has 0 amide bonds. The minimum Gasteiger partial charge on any atom is -1.00 e. The number of ether oxygens (including phenoxy) is 1. The molecule has 0 N–H and O–H groups in total. The van der Waals surface area contributed by atoms with Gasteiger partial charge < -0.3 is 21.7 Å². The van der Waals surface area contributed by atoms with Crippen molar-refractivity contribution >= 4 is 23.1 Å². The van der Waals surface area contributed by atoms with Crippen molar-refractivity contribution in [2.75, 3.05) is 6.61 Å². The molecule has 0 fully saturated rings. The van der Waals surface area contributed by atoms with Gasteiger partial charge in [0.1, 0.15) is 6.61 Å². The predicted molar refractivity (Wildman–Crippen MR) is 51.5 cm³/mol. The van der Waals surface area contributed by atoms with Crippen molar-refractivity contribution in [3.63, 3.8) is 0 Å². The maximum absolute atomic E-state index is 5.30. The summed E-state index contributed by atoms with van der Waals surface area (Å²) in [7, 11) is 0. The molecule has 1 rings (SSSR count). The maximum atomic E-state index is 5.30. The molecular weight excluding hydrogens is 240 g/mol. The summed E-state index contributed by atoms with van der Waals surface area (Å²) in [6.07, 6.45) is 1.73. The van der Waals surface area contributed by atoms with E-state index in [1.54, 1.807) is 6.08 Å². The standard InChI is InChI=1S/C10H11O.BrH.Mg/c1-3-7-11-10-6-4-5-9(2)8-10;;/h3-4,6,8H,1,7H2,2H3;1H;/q-1;;+2/p-1. The minimum atomic E-state index is 0. The van der Waals surface area contributed by atoms with Crippen molar-refractivity contribution in [3.8, 4) is 5.75 Å². The molecule has 1 nitrogen and oxygen atoms in total. The summed E-state index contributed by atoms with van der Waals surface area (Å²) in [5.74, 6) is 0.876. The maximum Gasteiger partial charge on any atom is 2.00 e. The van der Waals surface area contributed by atoms with E-state index in [0.29, 0.717) is 6.61 Å². The number of hydrogen-bond donors (Lipinski definition) is 0. The van der Waals surface area contributed by atoms with E-state index in [1.165, 1.54) is 0 Å². The fourth-order valence-corrected chi connectivity index (χ4v) is 0.803. The summed E-state index contributed by atoms with van der Waals surface area (Å²) < 4.78 is 5.30. The first-order chi connectivity index (χ1) is 5.33. The van der Waals surface area contributed by atoms with E-state index in [1.807, 2.05) is 25.1 Å². The van der Waals surface area contributed by atoms with E-state index in [-0.39, 0.29) is 40.0 Å². The molecule has 0 aliphatic rings. The molecule has 0 atom stereocenters. The molecule has 0 aliphatic carbocycles. The van der Waals surface area contributed by atoms with Gasteiger partial charge in [0, 0.05) is 5.75 Å². The third-order valence-electron chi connectivity index (χ3n) is 1.29. The summed E-state index contributed by atoms with van der Waals surface area (Å²) in [6, 6.07) is 8.73. The Kier molecular flexibility index (Phi) is 10.2. The molecule has 0 aliphatic heterocycles. The van der Waals surface area contributed by atoms with Crippen LogP contribution in [-0.4, -0.2) is 29.7 Å². The number of benzene rings is 1. The Morgan fingerprint density at radius 3 is 2.85 bits per heavy atom. The topological polar surface area (TPSA) is 9.23 Å². The molecule has 0 aromatic heterocycles. The van der Waals surface area contributed by atoms with E-state index < -0.39 is 0 Å². The largest absolute Gasteiger partial charge is 2.00 e. The van der Waals surface area contributed by atoms with Crippen LogP contribution in [0, 0.1) is 13.0 Å². The van der Waals surface area contributed by atoms with Crippen molar-refractivity contribution in [2.45, 2.75) is 6.92 Å². The average molecular weight is 251 g/mol. The van der Waals surface area contributed by atoms with E-state index in [9.17, 15) is 0 Å². The summed E-state index contributed by atoms with van der Waals surface area (Å²) in [5, 5.41) is 0. The van der Waals surface area contributed by atoms with Gasteiger partial charge in [-0.05, 0) is 0 Å². The van der Waals surface area contributed by atoms with Crippen molar-refractivity contribution in [3.05, 3.63) is 42.5 Å². The van der Waals surface area contributed by atoms with Crippen LogP contribution in [0.5, 0.6) is 5.75 Å². The molecule has 0 unspecified atom stereocenters. The van der Waals surface area contributed by atoms with Crippen molar-refractivity contribution in [1.29, 1.82) is 0 Å². The SMILES string of the molecule is C=CCOc1cc[c-]c(C)c1.[Br-].[Mg+2]. The zero-order chi connectivity index (χ0) is 8.10. The van der Waals surface area contributed by atoms with Crippen LogP contribution in [0.2, 0.25) is 0 Å². The molecule has 0 radical (unpaired) electrons. The minimum absolute atomic E-state index is 0. The molecule has 1 aromatic rings. The zero-order valence-corrected chi connectivity index (χ0v) is 10.7. The number of halogens is 1. The average Bonchev–Trinajstić information content (AvgIpc) is 2.01. The van der Waals surface area contributed by atoms with Gasteiger partial charge in [0.25, 0.3) is 0 Å². The summed E-state index contributed by atoms with van der Waals surface area (Å²) in [4.78, 5) is 0. The van der Waals surface area contributed by atoms with Crippen molar-refractivity contribution in [2.24, 2.45) is 0 Å². The van der Waals surface area contributed by atoms with Crippen LogP contribution in [0.1, 0.15) is 5.56 Å². The van der Waals surface area contributed by atoms with Gasteiger partial charge >= 0.3 is 23.1 Å². The quantitative estimate of drug-likeness (QED) is 0.380. The fourth-order valence-electron chi connectivity index (χ4n) is 0.803. The van der Waals surface area contributed by atoms with Crippen LogP contribution >= 0.6 is 0 Å². The third-order valence-corrected chi connectivity index (χ3v) is 1.29. The van der Waals surface area contributed by atoms with E-state index in [4.69, 9.17) is 4.74 Å². The molecular formula is C10H11BrMgO. The van der Waals surface area contributed by atoms with Crippen LogP contribution < -0.4 is 21.7 Å². The third kappa shape index (κ3) is 6.13. The van der Waals surface area contributed by atoms with Crippen LogP contribution in [0.4, 0.5) is 0 Å². The fraction of sp³-hybridized carbons (Fsp3) is 0.200. The first-order valence-electron chi connectivity index (χ1n) is 3.55. The molecule has 66 valence electrons. The molecule has 0 spiro atoms. The zero-order valence-electron chi connectivity index (χ0n) is 7.72. The Balaban J connectivity index is 0. The van der Waals surface area contributed by atoms with Crippen LogP contribution in [0.15, 0.2) is 30.9 Å². The van der Waals surface area contributed by atoms with Crippen LogP contribution in [0.25, 0.3) is 0 Å². The molecule has 0 saturated carbocycles. The number of aryl methyl sites for hydroxylation is 1. The van der Waals surface area contributed by atoms with Crippen molar-refractivity contribution in [1.82, 2.24) is 0 Å². The number of hydrogen-bond acceptors (Lipinski definition) is 1. The van der Waals surface area contributed by atoms with Crippen molar-refractivity contribution < 1.29 is 21.7 Å².